The molecule has 8 heteroatoms. The van der Waals surface area contributed by atoms with Crippen molar-refractivity contribution in [3.8, 4) is 23.0 Å². The molecule has 0 aromatic heterocycles. The van der Waals surface area contributed by atoms with Crippen molar-refractivity contribution in [2.24, 2.45) is 0 Å². The van der Waals surface area contributed by atoms with Crippen LogP contribution in [-0.4, -0.2) is 56.7 Å². The predicted octanol–water partition coefficient (Wildman–Crippen LogP) is 3.25. The summed E-state index contributed by atoms with van der Waals surface area (Å²) < 4.78 is 21.4. The predicted molar refractivity (Wildman–Crippen MR) is 118 cm³/mol. The number of rotatable bonds is 9. The number of methoxy groups -OCH3 is 4. The van der Waals surface area contributed by atoms with Crippen molar-refractivity contribution >= 4 is 11.7 Å². The number of aliphatic hydroxyl groups is 1. The highest BCUT2D eigenvalue weighted by Crippen LogP contribution is 2.42. The lowest BCUT2D eigenvalue weighted by Crippen LogP contribution is -2.33. The van der Waals surface area contributed by atoms with Crippen molar-refractivity contribution in [1.29, 1.82) is 0 Å². The lowest BCUT2D eigenvalue weighted by molar-refractivity contribution is -0.129. The normalized spacial score (nSPS) is 15.7. The van der Waals surface area contributed by atoms with Gasteiger partial charge in [-0.15, -0.1) is 0 Å². The van der Waals surface area contributed by atoms with Gasteiger partial charge in [0.1, 0.15) is 11.5 Å². The van der Waals surface area contributed by atoms with Gasteiger partial charge in [0.15, 0.2) is 23.0 Å². The lowest BCUT2D eigenvalue weighted by atomic mass is 9.95. The van der Waals surface area contributed by atoms with Crippen molar-refractivity contribution in [2.45, 2.75) is 19.4 Å². The van der Waals surface area contributed by atoms with E-state index >= 15 is 0 Å². The molecule has 0 saturated heterocycles. The Labute approximate surface area is 187 Å². The molecule has 2 aromatic carbocycles. The Morgan fingerprint density at radius 3 is 2.19 bits per heavy atom. The number of hydrogen-bond acceptors (Lipinski definition) is 7. The summed E-state index contributed by atoms with van der Waals surface area (Å²) in [5.41, 5.74) is 1.50. The molecule has 32 heavy (non-hydrogen) atoms. The summed E-state index contributed by atoms with van der Waals surface area (Å²) in [7, 11) is 6.15. The lowest BCUT2D eigenvalue weighted by Gasteiger charge is -2.28. The van der Waals surface area contributed by atoms with Crippen LogP contribution in [0.1, 0.15) is 24.1 Å². The Morgan fingerprint density at radius 2 is 1.59 bits per heavy atom. The quantitative estimate of drug-likeness (QED) is 0.638. The van der Waals surface area contributed by atoms with Crippen LogP contribution in [0.25, 0.3) is 0 Å². The van der Waals surface area contributed by atoms with Gasteiger partial charge in [-0.05, 0) is 49.2 Å². The van der Waals surface area contributed by atoms with Crippen molar-refractivity contribution in [3.05, 3.63) is 58.9 Å². The molecule has 0 unspecified atom stereocenters. The van der Waals surface area contributed by atoms with E-state index in [0.29, 0.717) is 35.0 Å². The fourth-order valence-electron chi connectivity index (χ4n) is 3.91. The van der Waals surface area contributed by atoms with Crippen LogP contribution in [0.2, 0.25) is 0 Å². The molecule has 1 N–H and O–H groups in total. The largest absolute Gasteiger partial charge is 0.503 e. The zero-order valence-electron chi connectivity index (χ0n) is 18.8. The first kappa shape index (κ1) is 23.0. The van der Waals surface area contributed by atoms with E-state index in [1.54, 1.807) is 38.5 Å². The Hall–Kier alpha value is -3.68. The Kier molecular flexibility index (Phi) is 6.92. The number of ether oxygens (including phenoxy) is 4. The smallest absolute Gasteiger partial charge is 0.290 e. The third kappa shape index (κ3) is 4.21. The first-order valence-corrected chi connectivity index (χ1v) is 10.0. The van der Waals surface area contributed by atoms with Gasteiger partial charge in [0.2, 0.25) is 0 Å². The van der Waals surface area contributed by atoms with E-state index in [-0.39, 0.29) is 17.9 Å². The second-order valence-corrected chi connectivity index (χ2v) is 7.27. The van der Waals surface area contributed by atoms with E-state index in [1.807, 2.05) is 12.1 Å². The van der Waals surface area contributed by atoms with E-state index in [1.165, 1.54) is 26.0 Å². The van der Waals surface area contributed by atoms with Gasteiger partial charge in [0.05, 0.1) is 40.1 Å². The minimum Gasteiger partial charge on any atom is -0.503 e. The molecule has 1 amide bonds. The van der Waals surface area contributed by atoms with E-state index < -0.39 is 17.7 Å². The highest BCUT2D eigenvalue weighted by atomic mass is 16.5. The molecule has 2 aromatic rings. The number of ketones is 1. The third-order valence-corrected chi connectivity index (χ3v) is 5.50. The number of aliphatic hydroxyl groups excluding tert-OH is 1. The highest BCUT2D eigenvalue weighted by Gasteiger charge is 2.43. The van der Waals surface area contributed by atoms with Crippen molar-refractivity contribution in [3.63, 3.8) is 0 Å². The van der Waals surface area contributed by atoms with Crippen LogP contribution in [0.15, 0.2) is 47.7 Å². The van der Waals surface area contributed by atoms with Crippen molar-refractivity contribution in [2.75, 3.05) is 35.0 Å². The monoisotopic (exact) mass is 441 g/mol. The van der Waals surface area contributed by atoms with Crippen LogP contribution in [0.3, 0.4) is 0 Å². The average molecular weight is 441 g/mol. The zero-order chi connectivity index (χ0) is 23.4. The van der Waals surface area contributed by atoms with Crippen LogP contribution in [0.4, 0.5) is 0 Å². The average Bonchev–Trinajstić information content (AvgIpc) is 3.06. The summed E-state index contributed by atoms with van der Waals surface area (Å²) in [6.07, 6.45) is 0.466. The number of amides is 1. The maximum absolute atomic E-state index is 13.0. The van der Waals surface area contributed by atoms with Crippen molar-refractivity contribution in [1.82, 2.24) is 4.90 Å². The summed E-state index contributed by atoms with van der Waals surface area (Å²) in [5.74, 6) is 0.667. The number of Topliss-reactive ketones (excluding diaryl/α,β-unsaturated/α-hetero) is 1. The molecule has 0 bridgehead atoms. The molecule has 1 aliphatic heterocycles. The summed E-state index contributed by atoms with van der Waals surface area (Å²) >= 11 is 0. The summed E-state index contributed by atoms with van der Waals surface area (Å²) in [4.78, 5) is 26.8. The molecular weight excluding hydrogens is 414 g/mol. The number of carbonyl (C=O) groups excluding carboxylic acids is 2. The molecule has 1 atom stereocenters. The van der Waals surface area contributed by atoms with Gasteiger partial charge >= 0.3 is 0 Å². The standard InChI is InChI=1S/C24H27NO7/c1-14(26)21-22(17-13-16(29-2)7-9-18(17)30-3)25(24(28)23(21)27)11-10-15-6-8-19(31-4)20(12-15)32-5/h6-9,12-13,22,27H,10-11H2,1-5H3/t22-/m0/s1. The van der Waals surface area contributed by atoms with Gasteiger partial charge < -0.3 is 29.0 Å². The van der Waals surface area contributed by atoms with Crippen LogP contribution in [0, 0.1) is 0 Å². The molecule has 0 radical (unpaired) electrons. The van der Waals surface area contributed by atoms with Gasteiger partial charge in [-0.3, -0.25) is 9.59 Å². The minimum atomic E-state index is -0.801. The molecule has 3 rings (SSSR count). The molecule has 0 spiro atoms. The Morgan fingerprint density at radius 1 is 0.938 bits per heavy atom. The minimum absolute atomic E-state index is 0.0360. The number of nitrogens with zero attached hydrogens (tertiary/aromatic N) is 1. The highest BCUT2D eigenvalue weighted by molar-refractivity contribution is 6.08. The topological polar surface area (TPSA) is 94.5 Å². The van der Waals surface area contributed by atoms with Crippen LogP contribution < -0.4 is 18.9 Å². The molecule has 0 aliphatic carbocycles. The second-order valence-electron chi connectivity index (χ2n) is 7.27. The molecular formula is C24H27NO7. The van der Waals surface area contributed by atoms with Gasteiger partial charge in [-0.1, -0.05) is 6.07 Å². The van der Waals surface area contributed by atoms with Crippen LogP contribution >= 0.6 is 0 Å². The van der Waals surface area contributed by atoms with Gasteiger partial charge in [-0.2, -0.15) is 0 Å². The molecule has 170 valence electrons. The van der Waals surface area contributed by atoms with Gasteiger partial charge in [0.25, 0.3) is 5.91 Å². The third-order valence-electron chi connectivity index (χ3n) is 5.50. The Bertz CT molecular complexity index is 1060. The van der Waals surface area contributed by atoms with Crippen LogP contribution in [0.5, 0.6) is 23.0 Å². The first-order valence-electron chi connectivity index (χ1n) is 10.0. The molecule has 0 saturated carbocycles. The maximum atomic E-state index is 13.0. The van der Waals surface area contributed by atoms with Gasteiger partial charge in [-0.25, -0.2) is 0 Å². The molecule has 1 heterocycles. The van der Waals surface area contributed by atoms with Gasteiger partial charge in [0, 0.05) is 12.1 Å². The SMILES string of the molecule is COc1ccc(OC)c([C@H]2C(C(C)=O)=C(O)C(=O)N2CCc2ccc(OC)c(OC)c2)c1. The summed E-state index contributed by atoms with van der Waals surface area (Å²) in [6.45, 7) is 1.58. The molecule has 1 aliphatic rings. The number of benzene rings is 2. The van der Waals surface area contributed by atoms with E-state index in [9.17, 15) is 14.7 Å². The van der Waals surface area contributed by atoms with Crippen molar-refractivity contribution < 1.29 is 33.6 Å². The summed E-state index contributed by atoms with van der Waals surface area (Å²) in [5, 5.41) is 10.5. The summed E-state index contributed by atoms with van der Waals surface area (Å²) in [6, 6.07) is 9.84. The van der Waals surface area contributed by atoms with E-state index in [0.717, 1.165) is 5.56 Å². The first-order chi connectivity index (χ1) is 15.4. The molecule has 8 nitrogen and oxygen atoms in total. The fourth-order valence-corrected chi connectivity index (χ4v) is 3.91. The Balaban J connectivity index is 1.99. The van der Waals surface area contributed by atoms with E-state index in [4.69, 9.17) is 18.9 Å². The second kappa shape index (κ2) is 9.64. The van der Waals surface area contributed by atoms with Crippen LogP contribution in [-0.2, 0) is 16.0 Å². The maximum Gasteiger partial charge on any atom is 0.290 e. The number of hydrogen-bond donors (Lipinski definition) is 1. The molecule has 0 fully saturated rings. The number of carbonyl (C=O) groups is 2. The fraction of sp³-hybridized carbons (Fsp3) is 0.333. The zero-order valence-corrected chi connectivity index (χ0v) is 18.8. The van der Waals surface area contributed by atoms with E-state index in [2.05, 4.69) is 0 Å².